The van der Waals surface area contributed by atoms with Gasteiger partial charge < -0.3 is 4.90 Å². The van der Waals surface area contributed by atoms with E-state index in [1.54, 1.807) is 30.7 Å². The van der Waals surface area contributed by atoms with Crippen LogP contribution in [0.4, 0.5) is 0 Å². The van der Waals surface area contributed by atoms with Crippen molar-refractivity contribution in [1.29, 1.82) is 0 Å². The smallest absolute Gasteiger partial charge is 0.264 e. The summed E-state index contributed by atoms with van der Waals surface area (Å²) in [4.78, 5) is 33.3. The minimum atomic E-state index is -3.84. The Bertz CT molecular complexity index is 1340. The van der Waals surface area contributed by atoms with Crippen LogP contribution in [-0.4, -0.2) is 35.8 Å². The summed E-state index contributed by atoms with van der Waals surface area (Å²) in [5.74, 6) is 0.530. The second-order valence-corrected chi connectivity index (χ2v) is 10.1. The van der Waals surface area contributed by atoms with Crippen molar-refractivity contribution in [1.82, 2.24) is 14.5 Å². The van der Waals surface area contributed by atoms with Gasteiger partial charge in [-0.25, -0.2) is 18.5 Å². The van der Waals surface area contributed by atoms with Crippen LogP contribution in [-0.2, 0) is 23.0 Å². The van der Waals surface area contributed by atoms with Gasteiger partial charge in [-0.05, 0) is 43.5 Å². The fourth-order valence-electron chi connectivity index (χ4n) is 3.79. The lowest BCUT2D eigenvalue weighted by atomic mass is 10.1. The Hall–Kier alpha value is -2.56. The molecule has 0 radical (unpaired) electrons. The average Bonchev–Trinajstić information content (AvgIpc) is 3.31. The summed E-state index contributed by atoms with van der Waals surface area (Å²) in [5, 5.41) is 5.73. The Labute approximate surface area is 178 Å². The first-order valence-electron chi connectivity index (χ1n) is 9.52. The number of aryl methyl sites for hydroxylation is 2. The molecule has 0 bridgehead atoms. The van der Waals surface area contributed by atoms with Crippen molar-refractivity contribution < 1.29 is 13.2 Å². The second-order valence-electron chi connectivity index (χ2n) is 7.53. The van der Waals surface area contributed by atoms with Crippen LogP contribution in [0.2, 0.25) is 0 Å². The number of primary sulfonamides is 1. The van der Waals surface area contributed by atoms with Gasteiger partial charge in [0.15, 0.2) is 0 Å². The molecule has 0 spiro atoms. The van der Waals surface area contributed by atoms with Crippen LogP contribution < -0.4 is 10.7 Å². The molecule has 1 aliphatic rings. The Morgan fingerprint density at radius 3 is 2.80 bits per heavy atom. The zero-order valence-electron chi connectivity index (χ0n) is 16.9. The highest BCUT2D eigenvalue weighted by atomic mass is 32.2. The van der Waals surface area contributed by atoms with Crippen LogP contribution in [0, 0.1) is 6.92 Å². The van der Waals surface area contributed by atoms with Gasteiger partial charge in [-0.1, -0.05) is 12.1 Å². The molecule has 0 saturated carbocycles. The summed E-state index contributed by atoms with van der Waals surface area (Å²) >= 11 is 1.23. The molecule has 4 rings (SSSR count). The predicted molar refractivity (Wildman–Crippen MR) is 115 cm³/mol. The van der Waals surface area contributed by atoms with Crippen LogP contribution in [0.25, 0.3) is 10.2 Å². The summed E-state index contributed by atoms with van der Waals surface area (Å²) < 4.78 is 25.0. The lowest BCUT2D eigenvalue weighted by Crippen LogP contribution is -2.29. The van der Waals surface area contributed by atoms with Crippen molar-refractivity contribution in [2.24, 2.45) is 5.14 Å². The van der Waals surface area contributed by atoms with Crippen LogP contribution in [0.15, 0.2) is 34.0 Å². The van der Waals surface area contributed by atoms with Gasteiger partial charge in [0.1, 0.15) is 10.7 Å². The fraction of sp³-hybridized carbons (Fsp3) is 0.350. The lowest BCUT2D eigenvalue weighted by molar-refractivity contribution is 0.0747. The van der Waals surface area contributed by atoms with E-state index in [-0.39, 0.29) is 16.4 Å². The number of hydrogen-bond acceptors (Lipinski definition) is 6. The molecule has 0 aliphatic carbocycles. The first-order valence-corrected chi connectivity index (χ1v) is 11.9. The van der Waals surface area contributed by atoms with Gasteiger partial charge in [-0.2, -0.15) is 0 Å². The number of carbonyl (C=O) groups excluding carboxylic acids is 1. The summed E-state index contributed by atoms with van der Waals surface area (Å²) in [6.07, 6.45) is 1.67. The number of sulfonamides is 1. The Morgan fingerprint density at radius 1 is 1.37 bits per heavy atom. The van der Waals surface area contributed by atoms with Crippen molar-refractivity contribution in [3.63, 3.8) is 0 Å². The number of hydrogen-bond donors (Lipinski definition) is 1. The maximum atomic E-state index is 13.3. The predicted octanol–water partition coefficient (Wildman–Crippen LogP) is 2.19. The van der Waals surface area contributed by atoms with E-state index in [0.717, 1.165) is 18.7 Å². The van der Waals surface area contributed by atoms with Crippen LogP contribution >= 0.6 is 11.3 Å². The maximum absolute atomic E-state index is 13.3. The van der Waals surface area contributed by atoms with E-state index in [1.807, 2.05) is 6.92 Å². The van der Waals surface area contributed by atoms with E-state index in [0.29, 0.717) is 32.8 Å². The first kappa shape index (κ1) is 20.7. The van der Waals surface area contributed by atoms with E-state index < -0.39 is 16.1 Å². The van der Waals surface area contributed by atoms with Crippen molar-refractivity contribution in [2.75, 3.05) is 7.05 Å². The summed E-state index contributed by atoms with van der Waals surface area (Å²) in [7, 11) is -2.18. The van der Waals surface area contributed by atoms with Gasteiger partial charge in [-0.15, -0.1) is 11.3 Å². The molecule has 3 aromatic rings. The molecule has 30 heavy (non-hydrogen) atoms. The van der Waals surface area contributed by atoms with Crippen molar-refractivity contribution in [3.8, 4) is 0 Å². The van der Waals surface area contributed by atoms with Gasteiger partial charge in [0.05, 0.1) is 21.2 Å². The summed E-state index contributed by atoms with van der Waals surface area (Å²) in [6.45, 7) is 4.24. The number of aromatic nitrogens is 2. The molecule has 1 amide bonds. The standard InChI is InChI=1S/C20H22N4O4S2/c1-11-16-18(22-15-8-5-9-24(15)19(16)25)29-17(11)20(26)23(3)12(2)13-6-4-7-14(10-13)30(21,27)28/h4,6-7,10,12H,5,8-9H2,1-3H3,(H2,21,27,28). The number of fused-ring (bicyclic) bond motifs is 2. The average molecular weight is 447 g/mol. The number of nitrogens with two attached hydrogens (primary N) is 1. The van der Waals surface area contributed by atoms with Gasteiger partial charge in [0, 0.05) is 20.0 Å². The topological polar surface area (TPSA) is 115 Å². The maximum Gasteiger partial charge on any atom is 0.264 e. The highest BCUT2D eigenvalue weighted by Gasteiger charge is 2.27. The number of amides is 1. The lowest BCUT2D eigenvalue weighted by Gasteiger charge is -2.25. The molecule has 0 fully saturated rings. The molecular weight excluding hydrogens is 424 g/mol. The van der Waals surface area contributed by atoms with Crippen molar-refractivity contribution >= 4 is 37.5 Å². The number of carbonyl (C=O) groups is 1. The third-order valence-corrected chi connectivity index (χ3v) is 7.76. The molecule has 1 atom stereocenters. The Balaban J connectivity index is 1.71. The highest BCUT2D eigenvalue weighted by molar-refractivity contribution is 7.89. The largest absolute Gasteiger partial charge is 0.334 e. The zero-order chi connectivity index (χ0) is 21.8. The normalized spacial score (nSPS) is 14.7. The molecule has 0 saturated heterocycles. The van der Waals surface area contributed by atoms with Gasteiger partial charge in [0.2, 0.25) is 10.0 Å². The van der Waals surface area contributed by atoms with Gasteiger partial charge in [0.25, 0.3) is 11.5 Å². The second kappa shape index (κ2) is 7.29. The Morgan fingerprint density at radius 2 is 2.10 bits per heavy atom. The van der Waals surface area contributed by atoms with Crippen molar-refractivity contribution in [3.05, 3.63) is 56.4 Å². The molecule has 3 heterocycles. The zero-order valence-corrected chi connectivity index (χ0v) is 18.5. The minimum Gasteiger partial charge on any atom is -0.334 e. The number of nitrogens with zero attached hydrogens (tertiary/aromatic N) is 3. The van der Waals surface area contributed by atoms with E-state index in [9.17, 15) is 18.0 Å². The first-order chi connectivity index (χ1) is 14.1. The summed E-state index contributed by atoms with van der Waals surface area (Å²) in [6, 6.07) is 5.84. The van der Waals surface area contributed by atoms with E-state index in [2.05, 4.69) is 4.98 Å². The molecule has 2 N–H and O–H groups in total. The van der Waals surface area contributed by atoms with Crippen LogP contribution in [0.1, 0.15) is 46.0 Å². The quantitative estimate of drug-likeness (QED) is 0.660. The van der Waals surface area contributed by atoms with Gasteiger partial charge in [-0.3, -0.25) is 14.2 Å². The van der Waals surface area contributed by atoms with Gasteiger partial charge >= 0.3 is 0 Å². The minimum absolute atomic E-state index is 0.00233. The molecule has 2 aromatic heterocycles. The summed E-state index contributed by atoms with van der Waals surface area (Å²) in [5.41, 5.74) is 1.20. The fourth-order valence-corrected chi connectivity index (χ4v) is 5.53. The third-order valence-electron chi connectivity index (χ3n) is 5.68. The molecule has 10 heteroatoms. The van der Waals surface area contributed by atoms with E-state index in [4.69, 9.17) is 5.14 Å². The van der Waals surface area contributed by atoms with Crippen LogP contribution in [0.5, 0.6) is 0 Å². The molecule has 1 aromatic carbocycles. The van der Waals surface area contributed by atoms with E-state index >= 15 is 0 Å². The Kier molecular flexibility index (Phi) is 5.03. The highest BCUT2D eigenvalue weighted by Crippen LogP contribution is 2.31. The molecule has 1 aliphatic heterocycles. The van der Waals surface area contributed by atoms with Crippen LogP contribution in [0.3, 0.4) is 0 Å². The van der Waals surface area contributed by atoms with Crippen molar-refractivity contribution in [2.45, 2.75) is 44.2 Å². The number of benzene rings is 1. The van der Waals surface area contributed by atoms with E-state index in [1.165, 1.54) is 28.4 Å². The number of rotatable bonds is 4. The molecule has 1 unspecified atom stereocenters. The molecule has 158 valence electrons. The third kappa shape index (κ3) is 3.34. The monoisotopic (exact) mass is 446 g/mol. The number of thiophene rings is 1. The SMILES string of the molecule is Cc1c(C(=O)N(C)C(C)c2cccc(S(N)(=O)=O)c2)sc2nc3n(c(=O)c12)CCC3. The molecular formula is C20H22N4O4S2. The molecule has 8 nitrogen and oxygen atoms in total.